The minimum atomic E-state index is -0.264. The number of fused-ring (bicyclic) bond motifs is 1. The van der Waals surface area contributed by atoms with Crippen molar-refractivity contribution >= 4 is 18.2 Å². The largest absolute Gasteiger partial charge is 0.493 e. The SMILES string of the molecule is CCn1cnn(CN2CCc3cc(OC)c(OC)cc3[C@H]2CC(=O)OC)c1=S. The van der Waals surface area contributed by atoms with Gasteiger partial charge in [0.25, 0.3) is 0 Å². The number of carbonyl (C=O) groups is 1. The van der Waals surface area contributed by atoms with E-state index in [0.29, 0.717) is 22.9 Å². The maximum atomic E-state index is 12.1. The molecule has 8 nitrogen and oxygen atoms in total. The van der Waals surface area contributed by atoms with E-state index in [1.54, 1.807) is 25.2 Å². The van der Waals surface area contributed by atoms with Crippen molar-refractivity contribution in [1.82, 2.24) is 19.2 Å². The van der Waals surface area contributed by atoms with Gasteiger partial charge in [-0.15, -0.1) is 0 Å². The van der Waals surface area contributed by atoms with Crippen LogP contribution >= 0.6 is 12.2 Å². The third-order valence-corrected chi connectivity index (χ3v) is 5.60. The molecule has 28 heavy (non-hydrogen) atoms. The van der Waals surface area contributed by atoms with Crippen LogP contribution in [-0.2, 0) is 29.2 Å². The molecule has 0 amide bonds. The molecule has 0 N–H and O–H groups in total. The van der Waals surface area contributed by atoms with Crippen molar-refractivity contribution in [2.24, 2.45) is 0 Å². The first-order valence-electron chi connectivity index (χ1n) is 9.20. The molecule has 0 aliphatic carbocycles. The predicted octanol–water partition coefficient (Wildman–Crippen LogP) is 2.57. The summed E-state index contributed by atoms with van der Waals surface area (Å²) in [7, 11) is 4.64. The zero-order valence-electron chi connectivity index (χ0n) is 16.7. The second kappa shape index (κ2) is 8.74. The lowest BCUT2D eigenvalue weighted by molar-refractivity contribution is -0.142. The second-order valence-corrected chi connectivity index (χ2v) is 6.97. The van der Waals surface area contributed by atoms with E-state index in [2.05, 4.69) is 10.00 Å². The Labute approximate surface area is 169 Å². The third-order valence-electron chi connectivity index (χ3n) is 5.15. The highest BCUT2D eigenvalue weighted by Crippen LogP contribution is 2.39. The van der Waals surface area contributed by atoms with Gasteiger partial charge >= 0.3 is 5.97 Å². The van der Waals surface area contributed by atoms with E-state index in [0.717, 1.165) is 30.6 Å². The molecule has 0 fully saturated rings. The minimum absolute atomic E-state index is 0.162. The fraction of sp³-hybridized carbons (Fsp3) is 0.526. The molecule has 1 aromatic carbocycles. The number of hydrogen-bond donors (Lipinski definition) is 0. The number of aromatic nitrogens is 3. The minimum Gasteiger partial charge on any atom is -0.493 e. The Kier molecular flexibility index (Phi) is 6.35. The Bertz CT molecular complexity index is 908. The summed E-state index contributed by atoms with van der Waals surface area (Å²) in [6.45, 7) is 4.06. The third kappa shape index (κ3) is 3.90. The summed E-state index contributed by atoms with van der Waals surface area (Å²) in [6.07, 6.45) is 2.80. The number of nitrogens with zero attached hydrogens (tertiary/aromatic N) is 4. The summed E-state index contributed by atoms with van der Waals surface area (Å²) in [5.41, 5.74) is 2.18. The number of esters is 1. The number of rotatable bonds is 7. The van der Waals surface area contributed by atoms with Gasteiger partial charge in [0.1, 0.15) is 6.33 Å². The lowest BCUT2D eigenvalue weighted by Gasteiger charge is -2.37. The molecule has 152 valence electrons. The van der Waals surface area contributed by atoms with Gasteiger partial charge in [0, 0.05) is 19.1 Å². The van der Waals surface area contributed by atoms with Gasteiger partial charge in [-0.05, 0) is 48.8 Å². The molecule has 0 saturated carbocycles. The van der Waals surface area contributed by atoms with Gasteiger partial charge in [-0.2, -0.15) is 5.10 Å². The second-order valence-electron chi connectivity index (χ2n) is 6.60. The van der Waals surface area contributed by atoms with E-state index < -0.39 is 0 Å². The van der Waals surface area contributed by atoms with Crippen LogP contribution in [0.4, 0.5) is 0 Å². The highest BCUT2D eigenvalue weighted by molar-refractivity contribution is 7.71. The molecule has 1 aromatic heterocycles. The normalized spacial score (nSPS) is 16.5. The molecule has 1 aliphatic rings. The molecule has 2 heterocycles. The highest BCUT2D eigenvalue weighted by Gasteiger charge is 2.31. The van der Waals surface area contributed by atoms with E-state index >= 15 is 0 Å². The van der Waals surface area contributed by atoms with Crippen LogP contribution in [0.3, 0.4) is 0 Å². The van der Waals surface area contributed by atoms with Crippen molar-refractivity contribution in [3.8, 4) is 11.5 Å². The Hall–Kier alpha value is -2.39. The molecule has 3 rings (SSSR count). The number of aryl methyl sites for hydroxylation is 1. The summed E-state index contributed by atoms with van der Waals surface area (Å²) in [4.78, 5) is 14.3. The molecule has 9 heteroatoms. The van der Waals surface area contributed by atoms with Crippen molar-refractivity contribution in [3.05, 3.63) is 34.4 Å². The molecule has 1 aliphatic heterocycles. The van der Waals surface area contributed by atoms with Gasteiger partial charge in [-0.3, -0.25) is 9.69 Å². The number of carbonyl (C=O) groups excluding carboxylic acids is 1. The Morgan fingerprint density at radius 3 is 2.57 bits per heavy atom. The number of benzene rings is 1. The van der Waals surface area contributed by atoms with Gasteiger partial charge in [-0.25, -0.2) is 4.68 Å². The lowest BCUT2D eigenvalue weighted by Crippen LogP contribution is -2.38. The summed E-state index contributed by atoms with van der Waals surface area (Å²) in [6, 6.07) is 3.79. The summed E-state index contributed by atoms with van der Waals surface area (Å²) >= 11 is 5.50. The quantitative estimate of drug-likeness (QED) is 0.517. The Morgan fingerprint density at radius 1 is 1.25 bits per heavy atom. The van der Waals surface area contributed by atoms with Crippen LogP contribution in [0, 0.1) is 4.77 Å². The first-order valence-corrected chi connectivity index (χ1v) is 9.61. The Balaban J connectivity index is 1.98. The highest BCUT2D eigenvalue weighted by atomic mass is 32.1. The van der Waals surface area contributed by atoms with E-state index in [1.165, 1.54) is 7.11 Å². The summed E-state index contributed by atoms with van der Waals surface area (Å²) < 4.78 is 20.2. The summed E-state index contributed by atoms with van der Waals surface area (Å²) in [5, 5.41) is 4.40. The van der Waals surface area contributed by atoms with Gasteiger partial charge in [0.2, 0.25) is 0 Å². The number of methoxy groups -OCH3 is 3. The van der Waals surface area contributed by atoms with E-state index in [4.69, 9.17) is 26.4 Å². The van der Waals surface area contributed by atoms with Gasteiger partial charge in [0.15, 0.2) is 16.3 Å². The van der Waals surface area contributed by atoms with Crippen molar-refractivity contribution in [2.75, 3.05) is 27.9 Å². The van der Waals surface area contributed by atoms with E-state index in [-0.39, 0.29) is 18.4 Å². The van der Waals surface area contributed by atoms with Crippen LogP contribution in [0.1, 0.15) is 30.5 Å². The first kappa shape index (κ1) is 20.3. The van der Waals surface area contributed by atoms with Crippen LogP contribution in [0.2, 0.25) is 0 Å². The molecule has 1 atom stereocenters. The van der Waals surface area contributed by atoms with Crippen molar-refractivity contribution in [1.29, 1.82) is 0 Å². The van der Waals surface area contributed by atoms with Crippen LogP contribution in [0.25, 0.3) is 0 Å². The van der Waals surface area contributed by atoms with Crippen LogP contribution in [0.5, 0.6) is 11.5 Å². The van der Waals surface area contributed by atoms with Gasteiger partial charge < -0.3 is 18.8 Å². The predicted molar refractivity (Wildman–Crippen MR) is 106 cm³/mol. The molecule has 0 unspecified atom stereocenters. The monoisotopic (exact) mass is 406 g/mol. The Morgan fingerprint density at radius 2 is 1.96 bits per heavy atom. The molecular weight excluding hydrogens is 380 g/mol. The molecule has 0 saturated heterocycles. The maximum absolute atomic E-state index is 12.1. The molecule has 0 bridgehead atoms. The van der Waals surface area contributed by atoms with Crippen molar-refractivity contribution < 1.29 is 19.0 Å². The van der Waals surface area contributed by atoms with Crippen LogP contribution in [-0.4, -0.2) is 53.1 Å². The molecule has 0 spiro atoms. The van der Waals surface area contributed by atoms with Crippen molar-refractivity contribution in [2.45, 2.75) is 39.0 Å². The average Bonchev–Trinajstić information content (AvgIpc) is 3.07. The zero-order valence-corrected chi connectivity index (χ0v) is 17.5. The van der Waals surface area contributed by atoms with Crippen LogP contribution in [0.15, 0.2) is 18.5 Å². The standard InChI is InChI=1S/C19H26N4O4S/c1-5-21-11-20-23(19(21)28)12-22-7-6-13-8-16(25-2)17(26-3)9-14(13)15(22)10-18(24)27-4/h8-9,11,15H,5-7,10,12H2,1-4H3/t15-/m1/s1. The van der Waals surface area contributed by atoms with Crippen molar-refractivity contribution in [3.63, 3.8) is 0 Å². The van der Waals surface area contributed by atoms with Gasteiger partial charge in [-0.1, -0.05) is 0 Å². The lowest BCUT2D eigenvalue weighted by atomic mass is 9.90. The fourth-order valence-electron chi connectivity index (χ4n) is 3.59. The smallest absolute Gasteiger partial charge is 0.307 e. The zero-order chi connectivity index (χ0) is 20.3. The molecule has 2 aromatic rings. The first-order chi connectivity index (χ1) is 13.5. The fourth-order valence-corrected chi connectivity index (χ4v) is 3.87. The molecule has 0 radical (unpaired) electrons. The number of ether oxygens (including phenoxy) is 3. The maximum Gasteiger partial charge on any atom is 0.307 e. The topological polar surface area (TPSA) is 70.8 Å². The van der Waals surface area contributed by atoms with E-state index in [1.807, 2.05) is 23.6 Å². The number of hydrogen-bond acceptors (Lipinski definition) is 7. The van der Waals surface area contributed by atoms with Crippen LogP contribution < -0.4 is 9.47 Å². The average molecular weight is 407 g/mol. The molecular formula is C19H26N4O4S. The van der Waals surface area contributed by atoms with Gasteiger partial charge in [0.05, 0.1) is 34.4 Å². The van der Waals surface area contributed by atoms with E-state index in [9.17, 15) is 4.79 Å². The summed E-state index contributed by atoms with van der Waals surface area (Å²) in [5.74, 6) is 1.07.